The Morgan fingerprint density at radius 2 is 1.90 bits per heavy atom. The standard InChI is InChI=1S/C21H26N6O3/c1-14-13-15(2)23-21(22-14)24-20(28)18-16-5-4-6-17(29-3)19(16)27(25-18)8-7-26-9-11-30-12-10-26/h4-6,13H,7-12H2,1-3H3,(H,22,23,24,28). The lowest BCUT2D eigenvalue weighted by Crippen LogP contribution is -2.38. The van der Waals surface area contributed by atoms with Crippen LogP contribution in [0.3, 0.4) is 0 Å². The highest BCUT2D eigenvalue weighted by Gasteiger charge is 2.21. The minimum Gasteiger partial charge on any atom is -0.494 e. The summed E-state index contributed by atoms with van der Waals surface area (Å²) in [7, 11) is 1.62. The quantitative estimate of drug-likeness (QED) is 0.664. The summed E-state index contributed by atoms with van der Waals surface area (Å²) in [6.07, 6.45) is 0. The third kappa shape index (κ3) is 4.27. The molecule has 3 aromatic rings. The number of nitrogens with zero attached hydrogens (tertiary/aromatic N) is 5. The lowest BCUT2D eigenvalue weighted by atomic mass is 10.2. The van der Waals surface area contributed by atoms with E-state index in [1.54, 1.807) is 7.11 Å². The van der Waals surface area contributed by atoms with Gasteiger partial charge in [0.15, 0.2) is 5.69 Å². The lowest BCUT2D eigenvalue weighted by Gasteiger charge is -2.26. The fraction of sp³-hybridized carbons (Fsp3) is 0.429. The van der Waals surface area contributed by atoms with E-state index >= 15 is 0 Å². The van der Waals surface area contributed by atoms with Gasteiger partial charge in [-0.3, -0.25) is 19.7 Å². The van der Waals surface area contributed by atoms with Gasteiger partial charge in [0.2, 0.25) is 5.95 Å². The number of aromatic nitrogens is 4. The van der Waals surface area contributed by atoms with Gasteiger partial charge in [-0.05, 0) is 26.0 Å². The number of morpholine rings is 1. The molecule has 0 unspecified atom stereocenters. The molecule has 158 valence electrons. The second-order valence-electron chi connectivity index (χ2n) is 7.31. The molecular weight excluding hydrogens is 384 g/mol. The Balaban J connectivity index is 1.64. The Morgan fingerprint density at radius 1 is 1.17 bits per heavy atom. The number of carbonyl (C=O) groups excluding carboxylic acids is 1. The zero-order valence-electron chi connectivity index (χ0n) is 17.5. The number of amides is 1. The first kappa shape index (κ1) is 20.2. The first-order chi connectivity index (χ1) is 14.5. The highest BCUT2D eigenvalue weighted by molar-refractivity contribution is 6.11. The first-order valence-corrected chi connectivity index (χ1v) is 10.0. The number of fused-ring (bicyclic) bond motifs is 1. The van der Waals surface area contributed by atoms with Crippen LogP contribution >= 0.6 is 0 Å². The molecule has 1 fully saturated rings. The van der Waals surface area contributed by atoms with Crippen molar-refractivity contribution in [3.8, 4) is 5.75 Å². The van der Waals surface area contributed by atoms with Crippen molar-refractivity contribution in [3.63, 3.8) is 0 Å². The van der Waals surface area contributed by atoms with Crippen molar-refractivity contribution in [2.24, 2.45) is 0 Å². The van der Waals surface area contributed by atoms with E-state index in [9.17, 15) is 4.79 Å². The van der Waals surface area contributed by atoms with Gasteiger partial charge in [-0.25, -0.2) is 9.97 Å². The molecule has 30 heavy (non-hydrogen) atoms. The van der Waals surface area contributed by atoms with E-state index in [4.69, 9.17) is 9.47 Å². The van der Waals surface area contributed by atoms with Crippen LogP contribution in [-0.2, 0) is 11.3 Å². The molecule has 1 N–H and O–H groups in total. The van der Waals surface area contributed by atoms with Crippen molar-refractivity contribution in [3.05, 3.63) is 41.3 Å². The number of rotatable bonds is 6. The summed E-state index contributed by atoms with van der Waals surface area (Å²) >= 11 is 0. The molecule has 9 heteroatoms. The van der Waals surface area contributed by atoms with Gasteiger partial charge in [0, 0.05) is 36.4 Å². The smallest absolute Gasteiger partial charge is 0.279 e. The summed E-state index contributed by atoms with van der Waals surface area (Å²) in [5.74, 6) is 0.614. The Morgan fingerprint density at radius 3 is 2.60 bits per heavy atom. The number of carbonyl (C=O) groups is 1. The molecule has 2 aromatic heterocycles. The maximum atomic E-state index is 13.0. The summed E-state index contributed by atoms with van der Waals surface area (Å²) < 4.78 is 12.8. The van der Waals surface area contributed by atoms with Crippen LogP contribution in [-0.4, -0.2) is 70.5 Å². The minimum atomic E-state index is -0.344. The Hall–Kier alpha value is -3.04. The van der Waals surface area contributed by atoms with Crippen molar-refractivity contribution in [1.82, 2.24) is 24.6 Å². The molecule has 1 aliphatic heterocycles. The van der Waals surface area contributed by atoms with E-state index in [0.717, 1.165) is 55.1 Å². The zero-order chi connectivity index (χ0) is 21.1. The highest BCUT2D eigenvalue weighted by atomic mass is 16.5. The minimum absolute atomic E-state index is 0.274. The Labute approximate surface area is 175 Å². The van der Waals surface area contributed by atoms with Crippen LogP contribution < -0.4 is 10.1 Å². The molecule has 0 saturated carbocycles. The predicted octanol–water partition coefficient (Wildman–Crippen LogP) is 2.04. The van der Waals surface area contributed by atoms with Gasteiger partial charge < -0.3 is 9.47 Å². The largest absolute Gasteiger partial charge is 0.494 e. The summed E-state index contributed by atoms with van der Waals surface area (Å²) in [6.45, 7) is 8.47. The molecule has 0 spiro atoms. The van der Waals surface area contributed by atoms with Crippen LogP contribution in [0.1, 0.15) is 21.9 Å². The predicted molar refractivity (Wildman–Crippen MR) is 113 cm³/mol. The van der Waals surface area contributed by atoms with Gasteiger partial charge in [-0.15, -0.1) is 0 Å². The fourth-order valence-electron chi connectivity index (χ4n) is 3.70. The number of para-hydroxylation sites is 1. The zero-order valence-corrected chi connectivity index (χ0v) is 17.5. The number of ether oxygens (including phenoxy) is 2. The molecule has 0 atom stereocenters. The molecule has 1 saturated heterocycles. The van der Waals surface area contributed by atoms with E-state index < -0.39 is 0 Å². The van der Waals surface area contributed by atoms with E-state index in [0.29, 0.717) is 18.0 Å². The molecule has 4 rings (SSSR count). The SMILES string of the molecule is COc1cccc2c(C(=O)Nc3nc(C)cc(C)n3)nn(CCN3CCOCC3)c12. The third-order valence-corrected chi connectivity index (χ3v) is 5.11. The number of hydrogen-bond donors (Lipinski definition) is 1. The summed E-state index contributed by atoms with van der Waals surface area (Å²) in [5.41, 5.74) is 2.72. The van der Waals surface area contributed by atoms with Crippen molar-refractivity contribution in [2.45, 2.75) is 20.4 Å². The number of anilines is 1. The van der Waals surface area contributed by atoms with E-state index in [1.807, 2.05) is 42.8 Å². The van der Waals surface area contributed by atoms with Crippen LogP contribution in [0.2, 0.25) is 0 Å². The number of benzene rings is 1. The first-order valence-electron chi connectivity index (χ1n) is 10.0. The summed E-state index contributed by atoms with van der Waals surface area (Å²) in [5, 5.41) is 8.15. The summed E-state index contributed by atoms with van der Waals surface area (Å²) in [6, 6.07) is 7.48. The van der Waals surface area contributed by atoms with Crippen molar-refractivity contribution in [2.75, 3.05) is 45.3 Å². The molecule has 1 amide bonds. The van der Waals surface area contributed by atoms with Gasteiger partial charge in [0.25, 0.3) is 5.91 Å². The number of hydrogen-bond acceptors (Lipinski definition) is 7. The lowest BCUT2D eigenvalue weighted by molar-refractivity contribution is 0.0361. The highest BCUT2D eigenvalue weighted by Crippen LogP contribution is 2.28. The van der Waals surface area contributed by atoms with Gasteiger partial charge in [0.1, 0.15) is 11.3 Å². The summed E-state index contributed by atoms with van der Waals surface area (Å²) in [4.78, 5) is 24.0. The Kier molecular flexibility index (Phi) is 5.91. The van der Waals surface area contributed by atoms with Gasteiger partial charge in [0.05, 0.1) is 26.9 Å². The molecule has 0 bridgehead atoms. The maximum Gasteiger partial charge on any atom is 0.279 e. The van der Waals surface area contributed by atoms with Crippen molar-refractivity contribution < 1.29 is 14.3 Å². The van der Waals surface area contributed by atoms with Crippen LogP contribution in [0.5, 0.6) is 5.75 Å². The fourth-order valence-corrected chi connectivity index (χ4v) is 3.70. The molecule has 9 nitrogen and oxygen atoms in total. The normalized spacial score (nSPS) is 14.8. The monoisotopic (exact) mass is 410 g/mol. The van der Waals surface area contributed by atoms with Crippen molar-refractivity contribution in [1.29, 1.82) is 0 Å². The molecule has 3 heterocycles. The van der Waals surface area contributed by atoms with Crippen LogP contribution in [0.25, 0.3) is 10.9 Å². The van der Waals surface area contributed by atoms with Crippen LogP contribution in [0, 0.1) is 13.8 Å². The average Bonchev–Trinajstić information content (AvgIpc) is 3.11. The number of aryl methyl sites for hydroxylation is 2. The van der Waals surface area contributed by atoms with E-state index in [-0.39, 0.29) is 11.9 Å². The molecule has 1 aromatic carbocycles. The van der Waals surface area contributed by atoms with Gasteiger partial charge >= 0.3 is 0 Å². The Bertz CT molecular complexity index is 1040. The average molecular weight is 410 g/mol. The maximum absolute atomic E-state index is 13.0. The van der Waals surface area contributed by atoms with Crippen LogP contribution in [0.15, 0.2) is 24.3 Å². The van der Waals surface area contributed by atoms with Crippen molar-refractivity contribution >= 4 is 22.8 Å². The van der Waals surface area contributed by atoms with E-state index in [1.165, 1.54) is 0 Å². The second kappa shape index (κ2) is 8.76. The van der Waals surface area contributed by atoms with E-state index in [2.05, 4.69) is 25.3 Å². The molecule has 0 radical (unpaired) electrons. The van der Waals surface area contributed by atoms with Gasteiger partial charge in [-0.1, -0.05) is 12.1 Å². The number of nitrogens with one attached hydrogen (secondary N) is 1. The van der Waals surface area contributed by atoms with Gasteiger partial charge in [-0.2, -0.15) is 5.10 Å². The molecule has 1 aliphatic rings. The molecule has 0 aliphatic carbocycles. The topological polar surface area (TPSA) is 94.4 Å². The molecular formula is C21H26N6O3. The number of methoxy groups -OCH3 is 1. The second-order valence-corrected chi connectivity index (χ2v) is 7.31. The third-order valence-electron chi connectivity index (χ3n) is 5.11. The van der Waals surface area contributed by atoms with Crippen LogP contribution in [0.4, 0.5) is 5.95 Å².